The molecule has 0 saturated carbocycles. The van der Waals surface area contributed by atoms with Crippen LogP contribution >= 0.6 is 0 Å². The Morgan fingerprint density at radius 2 is 1.93 bits per heavy atom. The monoisotopic (exact) mass is 209 g/mol. The van der Waals surface area contributed by atoms with E-state index in [1.807, 2.05) is 36.2 Å². The van der Waals surface area contributed by atoms with E-state index in [0.29, 0.717) is 13.1 Å². The Balaban J connectivity index is 2.71. The van der Waals surface area contributed by atoms with E-state index in [4.69, 9.17) is 16.6 Å². The number of likely N-dealkylation sites (N-methyl/N-ethyl adjacent to an activating group) is 1. The summed E-state index contributed by atoms with van der Waals surface area (Å²) in [5.74, 6) is 0. The highest BCUT2D eigenvalue weighted by molar-refractivity contribution is 5.47. The first-order chi connectivity index (χ1) is 7.19. The van der Waals surface area contributed by atoms with E-state index in [1.165, 1.54) is 0 Å². The van der Waals surface area contributed by atoms with Crippen LogP contribution in [0.25, 0.3) is 0 Å². The maximum Gasteiger partial charge on any atom is 0.0606 e. The van der Waals surface area contributed by atoms with Crippen LogP contribution in [0.3, 0.4) is 0 Å². The number of rotatable bonds is 5. The smallest absolute Gasteiger partial charge is 0.0606 e. The fourth-order valence-electron chi connectivity index (χ4n) is 1.39. The number of hydrogen-bond donors (Lipinski definition) is 3. The van der Waals surface area contributed by atoms with Gasteiger partial charge < -0.3 is 21.5 Å². The molecule has 0 fully saturated rings. The van der Waals surface area contributed by atoms with Crippen molar-refractivity contribution in [3.8, 4) is 0 Å². The highest BCUT2D eigenvalue weighted by atomic mass is 16.3. The first-order valence-corrected chi connectivity index (χ1v) is 5.06. The number of hydrogen-bond acceptors (Lipinski definition) is 4. The molecule has 15 heavy (non-hydrogen) atoms. The topological polar surface area (TPSA) is 75.5 Å². The number of aliphatic hydroxyl groups is 1. The van der Waals surface area contributed by atoms with E-state index in [-0.39, 0.29) is 12.6 Å². The van der Waals surface area contributed by atoms with Crippen LogP contribution in [0.2, 0.25) is 0 Å². The molecule has 1 atom stereocenters. The summed E-state index contributed by atoms with van der Waals surface area (Å²) in [5.41, 5.74) is 13.4. The Hall–Kier alpha value is -1.10. The molecule has 4 nitrogen and oxygen atoms in total. The SMILES string of the molecule is CN(CCO)c1ccc(C(N)CN)cc1. The van der Waals surface area contributed by atoms with Crippen molar-refractivity contribution in [3.63, 3.8) is 0 Å². The molecular formula is C11H19N3O. The van der Waals surface area contributed by atoms with Gasteiger partial charge in [-0.1, -0.05) is 12.1 Å². The highest BCUT2D eigenvalue weighted by Gasteiger charge is 2.04. The van der Waals surface area contributed by atoms with E-state index in [9.17, 15) is 0 Å². The number of benzene rings is 1. The van der Waals surface area contributed by atoms with Gasteiger partial charge in [0.1, 0.15) is 0 Å². The molecular weight excluding hydrogens is 190 g/mol. The molecule has 0 amide bonds. The summed E-state index contributed by atoms with van der Waals surface area (Å²) < 4.78 is 0. The third-order valence-corrected chi connectivity index (χ3v) is 2.45. The van der Waals surface area contributed by atoms with Crippen LogP contribution in [0.4, 0.5) is 5.69 Å². The fraction of sp³-hybridized carbons (Fsp3) is 0.455. The van der Waals surface area contributed by atoms with Gasteiger partial charge in [0.2, 0.25) is 0 Å². The third kappa shape index (κ3) is 3.20. The van der Waals surface area contributed by atoms with Gasteiger partial charge in [0.25, 0.3) is 0 Å². The van der Waals surface area contributed by atoms with Crippen LogP contribution in [-0.4, -0.2) is 31.9 Å². The molecule has 0 bridgehead atoms. The quantitative estimate of drug-likeness (QED) is 0.641. The number of nitrogens with zero attached hydrogens (tertiary/aromatic N) is 1. The normalized spacial score (nSPS) is 12.5. The van der Waals surface area contributed by atoms with Crippen LogP contribution in [0.5, 0.6) is 0 Å². The summed E-state index contributed by atoms with van der Waals surface area (Å²) in [4.78, 5) is 1.98. The molecule has 5 N–H and O–H groups in total. The van der Waals surface area contributed by atoms with Crippen LogP contribution in [0.15, 0.2) is 24.3 Å². The van der Waals surface area contributed by atoms with E-state index < -0.39 is 0 Å². The number of aliphatic hydroxyl groups excluding tert-OH is 1. The summed E-state index contributed by atoms with van der Waals surface area (Å²) in [6.45, 7) is 1.23. The van der Waals surface area contributed by atoms with Gasteiger partial charge in [-0.2, -0.15) is 0 Å². The van der Waals surface area contributed by atoms with Crippen molar-refractivity contribution >= 4 is 5.69 Å². The zero-order chi connectivity index (χ0) is 11.3. The zero-order valence-electron chi connectivity index (χ0n) is 9.06. The molecule has 0 saturated heterocycles. The second-order valence-corrected chi connectivity index (χ2v) is 3.58. The van der Waals surface area contributed by atoms with Gasteiger partial charge in [0, 0.05) is 31.9 Å². The predicted octanol–water partition coefficient (Wildman–Crippen LogP) is 0.0736. The molecule has 1 aromatic rings. The maximum absolute atomic E-state index is 8.80. The Kier molecular flexibility index (Phi) is 4.55. The van der Waals surface area contributed by atoms with Crippen molar-refractivity contribution in [2.75, 3.05) is 31.6 Å². The minimum Gasteiger partial charge on any atom is -0.395 e. The van der Waals surface area contributed by atoms with Crippen molar-refractivity contribution in [1.29, 1.82) is 0 Å². The van der Waals surface area contributed by atoms with Gasteiger partial charge in [0.15, 0.2) is 0 Å². The average molecular weight is 209 g/mol. The number of nitrogens with two attached hydrogens (primary N) is 2. The summed E-state index contributed by atoms with van der Waals surface area (Å²) in [6.07, 6.45) is 0. The minimum absolute atomic E-state index is 0.0952. The van der Waals surface area contributed by atoms with Crippen LogP contribution in [-0.2, 0) is 0 Å². The standard InChI is InChI=1S/C11H19N3O/c1-14(6-7-15)10-4-2-9(3-5-10)11(13)8-12/h2-5,11,15H,6-8,12-13H2,1H3. The maximum atomic E-state index is 8.80. The lowest BCUT2D eigenvalue weighted by Crippen LogP contribution is -2.22. The molecule has 0 spiro atoms. The molecule has 1 rings (SSSR count). The lowest BCUT2D eigenvalue weighted by molar-refractivity contribution is 0.304. The van der Waals surface area contributed by atoms with Gasteiger partial charge in [-0.15, -0.1) is 0 Å². The van der Waals surface area contributed by atoms with Crippen LogP contribution in [0.1, 0.15) is 11.6 Å². The Bertz CT molecular complexity index is 286. The van der Waals surface area contributed by atoms with Crippen LogP contribution < -0.4 is 16.4 Å². The van der Waals surface area contributed by atoms with E-state index in [1.54, 1.807) is 0 Å². The Labute approximate surface area is 90.5 Å². The molecule has 0 heterocycles. The molecule has 0 aliphatic rings. The average Bonchev–Trinajstić information content (AvgIpc) is 2.28. The molecule has 84 valence electrons. The second-order valence-electron chi connectivity index (χ2n) is 3.58. The van der Waals surface area contributed by atoms with E-state index in [2.05, 4.69) is 0 Å². The molecule has 0 radical (unpaired) electrons. The summed E-state index contributed by atoms with van der Waals surface area (Å²) in [6, 6.07) is 7.82. The summed E-state index contributed by atoms with van der Waals surface area (Å²) in [7, 11) is 1.94. The molecule has 1 unspecified atom stereocenters. The zero-order valence-corrected chi connectivity index (χ0v) is 9.06. The molecule has 4 heteroatoms. The summed E-state index contributed by atoms with van der Waals surface area (Å²) >= 11 is 0. The third-order valence-electron chi connectivity index (χ3n) is 2.45. The predicted molar refractivity (Wildman–Crippen MR) is 62.8 cm³/mol. The molecule has 0 aromatic heterocycles. The van der Waals surface area contributed by atoms with Gasteiger partial charge in [-0.25, -0.2) is 0 Å². The first-order valence-electron chi connectivity index (χ1n) is 5.06. The number of anilines is 1. The molecule has 0 aliphatic carbocycles. The van der Waals surface area contributed by atoms with Gasteiger partial charge in [-0.3, -0.25) is 0 Å². The lowest BCUT2D eigenvalue weighted by Gasteiger charge is -2.18. The Morgan fingerprint density at radius 3 is 2.40 bits per heavy atom. The summed E-state index contributed by atoms with van der Waals surface area (Å²) in [5, 5.41) is 8.80. The van der Waals surface area contributed by atoms with Gasteiger partial charge in [0.05, 0.1) is 6.61 Å². The van der Waals surface area contributed by atoms with Crippen LogP contribution in [0, 0.1) is 0 Å². The van der Waals surface area contributed by atoms with Crippen molar-refractivity contribution in [2.45, 2.75) is 6.04 Å². The van der Waals surface area contributed by atoms with E-state index in [0.717, 1.165) is 11.3 Å². The van der Waals surface area contributed by atoms with Crippen molar-refractivity contribution < 1.29 is 5.11 Å². The largest absolute Gasteiger partial charge is 0.395 e. The lowest BCUT2D eigenvalue weighted by atomic mass is 10.1. The van der Waals surface area contributed by atoms with Gasteiger partial charge >= 0.3 is 0 Å². The molecule has 0 aliphatic heterocycles. The minimum atomic E-state index is -0.0952. The fourth-order valence-corrected chi connectivity index (χ4v) is 1.39. The Morgan fingerprint density at radius 1 is 1.33 bits per heavy atom. The first kappa shape index (κ1) is 12.0. The highest BCUT2D eigenvalue weighted by Crippen LogP contribution is 2.16. The van der Waals surface area contributed by atoms with Crippen molar-refractivity contribution in [1.82, 2.24) is 0 Å². The van der Waals surface area contributed by atoms with E-state index >= 15 is 0 Å². The van der Waals surface area contributed by atoms with Gasteiger partial charge in [-0.05, 0) is 17.7 Å². The second kappa shape index (κ2) is 5.70. The molecule has 1 aromatic carbocycles. The van der Waals surface area contributed by atoms with Crippen molar-refractivity contribution in [3.05, 3.63) is 29.8 Å². The van der Waals surface area contributed by atoms with Crippen molar-refractivity contribution in [2.24, 2.45) is 11.5 Å².